The molecule has 3 heteroatoms. The lowest BCUT2D eigenvalue weighted by atomic mass is 9.67. The second kappa shape index (κ2) is 6.36. The smallest absolute Gasteiger partial charge is 0.0184 e. The van der Waals surface area contributed by atoms with Crippen LogP contribution in [0.3, 0.4) is 0 Å². The number of nitrogens with zero attached hydrogens (tertiary/aromatic N) is 1. The highest BCUT2D eigenvalue weighted by atomic mass is 32.2. The molecule has 1 heterocycles. The van der Waals surface area contributed by atoms with Crippen molar-refractivity contribution >= 4 is 11.8 Å². The monoisotopic (exact) mass is 284 g/mol. The van der Waals surface area contributed by atoms with Gasteiger partial charge in [-0.05, 0) is 38.1 Å². The topological polar surface area (TPSA) is 15.3 Å². The molecule has 1 saturated carbocycles. The molecule has 0 aromatic carbocycles. The van der Waals surface area contributed by atoms with Gasteiger partial charge in [-0.15, -0.1) is 0 Å². The highest BCUT2D eigenvalue weighted by molar-refractivity contribution is 8.00. The summed E-state index contributed by atoms with van der Waals surface area (Å²) >= 11 is 2.14. The average molecular weight is 285 g/mol. The molecule has 2 rings (SSSR count). The van der Waals surface area contributed by atoms with Gasteiger partial charge in [-0.25, -0.2) is 0 Å². The number of hydrogen-bond acceptors (Lipinski definition) is 3. The summed E-state index contributed by atoms with van der Waals surface area (Å²) in [6.45, 7) is 12.3. The van der Waals surface area contributed by atoms with Gasteiger partial charge in [0.2, 0.25) is 0 Å². The Morgan fingerprint density at radius 2 is 2.05 bits per heavy atom. The maximum absolute atomic E-state index is 3.63. The van der Waals surface area contributed by atoms with Crippen molar-refractivity contribution in [3.05, 3.63) is 0 Å². The lowest BCUT2D eigenvalue weighted by molar-refractivity contribution is 0.0721. The van der Waals surface area contributed by atoms with Gasteiger partial charge in [0.25, 0.3) is 0 Å². The van der Waals surface area contributed by atoms with E-state index in [1.807, 2.05) is 0 Å². The molecule has 0 bridgehead atoms. The van der Waals surface area contributed by atoms with Gasteiger partial charge < -0.3 is 5.32 Å². The van der Waals surface area contributed by atoms with E-state index in [1.165, 1.54) is 38.1 Å². The number of rotatable bonds is 3. The molecular formula is C16H32N2S. The highest BCUT2D eigenvalue weighted by Gasteiger charge is 2.39. The zero-order valence-corrected chi connectivity index (χ0v) is 14.2. The van der Waals surface area contributed by atoms with Crippen LogP contribution in [0.15, 0.2) is 0 Å². The summed E-state index contributed by atoms with van der Waals surface area (Å²) < 4.78 is 0. The maximum Gasteiger partial charge on any atom is 0.0184 e. The third kappa shape index (κ3) is 3.48. The minimum atomic E-state index is 0.455. The molecule has 2 aliphatic rings. The Hall–Kier alpha value is 0.270. The fraction of sp³-hybridized carbons (Fsp3) is 1.00. The largest absolute Gasteiger partial charge is 0.316 e. The average Bonchev–Trinajstić information content (AvgIpc) is 2.34. The van der Waals surface area contributed by atoms with Crippen molar-refractivity contribution in [1.29, 1.82) is 0 Å². The van der Waals surface area contributed by atoms with Crippen LogP contribution in [-0.2, 0) is 0 Å². The van der Waals surface area contributed by atoms with E-state index < -0.39 is 0 Å². The van der Waals surface area contributed by atoms with Crippen molar-refractivity contribution in [2.75, 3.05) is 25.9 Å². The zero-order valence-electron chi connectivity index (χ0n) is 13.4. The molecule has 0 aromatic rings. The number of hydrogen-bond donors (Lipinski definition) is 1. The van der Waals surface area contributed by atoms with Gasteiger partial charge in [0.15, 0.2) is 0 Å². The van der Waals surface area contributed by atoms with E-state index in [-0.39, 0.29) is 0 Å². The molecule has 4 atom stereocenters. The minimum absolute atomic E-state index is 0.455. The summed E-state index contributed by atoms with van der Waals surface area (Å²) in [4.78, 5) is 2.75. The fourth-order valence-corrected chi connectivity index (χ4v) is 5.32. The van der Waals surface area contributed by atoms with E-state index in [9.17, 15) is 0 Å². The van der Waals surface area contributed by atoms with Gasteiger partial charge in [0, 0.05) is 36.2 Å². The van der Waals surface area contributed by atoms with E-state index in [0.29, 0.717) is 11.5 Å². The van der Waals surface area contributed by atoms with E-state index in [1.54, 1.807) is 0 Å². The predicted molar refractivity (Wildman–Crippen MR) is 86.9 cm³/mol. The molecule has 1 N–H and O–H groups in total. The maximum atomic E-state index is 3.63. The minimum Gasteiger partial charge on any atom is -0.316 e. The third-order valence-corrected chi connectivity index (χ3v) is 6.84. The molecule has 112 valence electrons. The van der Waals surface area contributed by atoms with Gasteiger partial charge in [0.1, 0.15) is 0 Å². The van der Waals surface area contributed by atoms with E-state index in [0.717, 1.165) is 17.2 Å². The first-order chi connectivity index (χ1) is 8.95. The molecule has 1 aliphatic heterocycles. The normalized spacial score (nSPS) is 40.3. The van der Waals surface area contributed by atoms with E-state index in [2.05, 4.69) is 56.7 Å². The fourth-order valence-electron chi connectivity index (χ4n) is 4.16. The van der Waals surface area contributed by atoms with Crippen molar-refractivity contribution in [3.8, 4) is 0 Å². The summed E-state index contributed by atoms with van der Waals surface area (Å²) in [5.74, 6) is 2.14. The zero-order chi connectivity index (χ0) is 14.0. The Morgan fingerprint density at radius 1 is 1.32 bits per heavy atom. The molecule has 2 nitrogen and oxygen atoms in total. The highest BCUT2D eigenvalue weighted by Crippen LogP contribution is 2.39. The van der Waals surface area contributed by atoms with Crippen LogP contribution >= 0.6 is 11.8 Å². The molecule has 0 aromatic heterocycles. The SMILES string of the molecule is CNC1C(CN2CCSC(C)C2C)CCCC1(C)C. The molecule has 1 aliphatic carbocycles. The van der Waals surface area contributed by atoms with Crippen molar-refractivity contribution in [3.63, 3.8) is 0 Å². The van der Waals surface area contributed by atoms with Gasteiger partial charge >= 0.3 is 0 Å². The first-order valence-corrected chi connectivity index (χ1v) is 9.03. The van der Waals surface area contributed by atoms with Crippen molar-refractivity contribution < 1.29 is 0 Å². The Balaban J connectivity index is 2.00. The third-order valence-electron chi connectivity index (χ3n) is 5.50. The van der Waals surface area contributed by atoms with Crippen molar-refractivity contribution in [1.82, 2.24) is 10.2 Å². The summed E-state index contributed by atoms with van der Waals surface area (Å²) in [6, 6.07) is 1.42. The number of nitrogens with one attached hydrogen (secondary N) is 1. The van der Waals surface area contributed by atoms with Crippen LogP contribution in [0.1, 0.15) is 47.0 Å². The molecule has 1 saturated heterocycles. The molecular weight excluding hydrogens is 252 g/mol. The molecule has 0 amide bonds. The molecule has 0 radical (unpaired) electrons. The molecule has 2 fully saturated rings. The van der Waals surface area contributed by atoms with Gasteiger partial charge in [0.05, 0.1) is 0 Å². The Kier molecular flexibility index (Phi) is 5.24. The van der Waals surface area contributed by atoms with Crippen molar-refractivity contribution in [2.24, 2.45) is 11.3 Å². The van der Waals surface area contributed by atoms with Gasteiger partial charge in [-0.1, -0.05) is 27.2 Å². The molecule has 19 heavy (non-hydrogen) atoms. The predicted octanol–water partition coefficient (Wildman–Crippen LogP) is 3.23. The lowest BCUT2D eigenvalue weighted by Crippen LogP contribution is -2.54. The van der Waals surface area contributed by atoms with E-state index >= 15 is 0 Å². The van der Waals surface area contributed by atoms with Crippen LogP contribution in [0.2, 0.25) is 0 Å². The van der Waals surface area contributed by atoms with Crippen LogP contribution in [0.4, 0.5) is 0 Å². The van der Waals surface area contributed by atoms with Crippen LogP contribution in [-0.4, -0.2) is 48.1 Å². The second-order valence-corrected chi connectivity index (χ2v) is 8.70. The van der Waals surface area contributed by atoms with Gasteiger partial charge in [-0.3, -0.25) is 4.90 Å². The molecule has 0 spiro atoms. The Bertz CT molecular complexity index is 292. The van der Waals surface area contributed by atoms with E-state index in [4.69, 9.17) is 0 Å². The number of thioether (sulfide) groups is 1. The summed E-state index contributed by atoms with van der Waals surface area (Å²) in [5, 5.41) is 4.42. The first kappa shape index (κ1) is 15.7. The quantitative estimate of drug-likeness (QED) is 0.856. The summed E-state index contributed by atoms with van der Waals surface area (Å²) in [5.41, 5.74) is 0.455. The van der Waals surface area contributed by atoms with Crippen LogP contribution in [0.25, 0.3) is 0 Å². The second-order valence-electron chi connectivity index (χ2n) is 7.22. The Labute approximate surface area is 124 Å². The lowest BCUT2D eigenvalue weighted by Gasteiger charge is -2.47. The Morgan fingerprint density at radius 3 is 2.74 bits per heavy atom. The van der Waals surface area contributed by atoms with Crippen LogP contribution in [0.5, 0.6) is 0 Å². The summed E-state index contributed by atoms with van der Waals surface area (Å²) in [7, 11) is 2.16. The van der Waals surface area contributed by atoms with Crippen molar-refractivity contribution in [2.45, 2.75) is 64.3 Å². The summed E-state index contributed by atoms with van der Waals surface area (Å²) in [6.07, 6.45) is 4.18. The first-order valence-electron chi connectivity index (χ1n) is 7.98. The standard InChI is InChI=1S/C16H32N2S/c1-12-13(2)19-10-9-18(12)11-14-7-6-8-16(3,4)15(14)17-5/h12-15,17H,6-11H2,1-5H3. The molecule has 4 unspecified atom stereocenters. The van der Waals surface area contributed by atoms with Crippen LogP contribution < -0.4 is 5.32 Å². The van der Waals surface area contributed by atoms with Crippen LogP contribution in [0, 0.1) is 11.3 Å². The van der Waals surface area contributed by atoms with Gasteiger partial charge in [-0.2, -0.15) is 11.8 Å².